The lowest BCUT2D eigenvalue weighted by molar-refractivity contribution is 0.0991. The van der Waals surface area contributed by atoms with Crippen LogP contribution >= 0.6 is 0 Å². The SMILES string of the molecule is CCCOc1cccc(C(=O)Cc2ccc(CC)cn2)c1. The van der Waals surface area contributed by atoms with Crippen LogP contribution in [-0.2, 0) is 12.8 Å². The van der Waals surface area contributed by atoms with Crippen LogP contribution in [-0.4, -0.2) is 17.4 Å². The van der Waals surface area contributed by atoms with Gasteiger partial charge in [-0.1, -0.05) is 32.0 Å². The summed E-state index contributed by atoms with van der Waals surface area (Å²) in [5.74, 6) is 0.811. The highest BCUT2D eigenvalue weighted by Gasteiger charge is 2.09. The fourth-order valence-corrected chi connectivity index (χ4v) is 2.01. The maximum absolute atomic E-state index is 12.3. The first kappa shape index (κ1) is 15.2. The highest BCUT2D eigenvalue weighted by molar-refractivity contribution is 5.97. The molecule has 3 heteroatoms. The van der Waals surface area contributed by atoms with Crippen molar-refractivity contribution < 1.29 is 9.53 Å². The third-order valence-corrected chi connectivity index (χ3v) is 3.26. The Kier molecular flexibility index (Phi) is 5.50. The van der Waals surface area contributed by atoms with Gasteiger partial charge < -0.3 is 4.74 Å². The zero-order chi connectivity index (χ0) is 15.1. The second-order valence-electron chi connectivity index (χ2n) is 4.99. The fourth-order valence-electron chi connectivity index (χ4n) is 2.01. The molecule has 0 amide bonds. The van der Waals surface area contributed by atoms with Crippen molar-refractivity contribution >= 4 is 5.78 Å². The fraction of sp³-hybridized carbons (Fsp3) is 0.333. The number of hydrogen-bond acceptors (Lipinski definition) is 3. The van der Waals surface area contributed by atoms with Crippen LogP contribution in [0.5, 0.6) is 5.75 Å². The van der Waals surface area contributed by atoms with E-state index in [-0.39, 0.29) is 5.78 Å². The smallest absolute Gasteiger partial charge is 0.168 e. The summed E-state index contributed by atoms with van der Waals surface area (Å²) in [6, 6.07) is 11.3. The Morgan fingerprint density at radius 1 is 1.19 bits per heavy atom. The summed E-state index contributed by atoms with van der Waals surface area (Å²) in [7, 11) is 0. The summed E-state index contributed by atoms with van der Waals surface area (Å²) >= 11 is 0. The van der Waals surface area contributed by atoms with Crippen molar-refractivity contribution in [3.63, 3.8) is 0 Å². The van der Waals surface area contributed by atoms with Gasteiger partial charge in [0.2, 0.25) is 0 Å². The minimum atomic E-state index is 0.0636. The van der Waals surface area contributed by atoms with E-state index in [4.69, 9.17) is 4.74 Å². The molecule has 0 fully saturated rings. The normalized spacial score (nSPS) is 10.4. The molecule has 0 saturated carbocycles. The van der Waals surface area contributed by atoms with E-state index in [2.05, 4.69) is 18.8 Å². The molecule has 0 unspecified atom stereocenters. The van der Waals surface area contributed by atoms with Crippen molar-refractivity contribution in [2.45, 2.75) is 33.1 Å². The van der Waals surface area contributed by atoms with Crippen molar-refractivity contribution in [3.8, 4) is 5.75 Å². The Bertz CT molecular complexity index is 590. The highest BCUT2D eigenvalue weighted by atomic mass is 16.5. The lowest BCUT2D eigenvalue weighted by Crippen LogP contribution is -2.06. The van der Waals surface area contributed by atoms with Crippen molar-refractivity contribution in [2.24, 2.45) is 0 Å². The summed E-state index contributed by atoms with van der Waals surface area (Å²) < 4.78 is 5.56. The molecule has 3 nitrogen and oxygen atoms in total. The average molecular weight is 283 g/mol. The molecule has 0 bridgehead atoms. The van der Waals surface area contributed by atoms with Crippen LogP contribution in [0.1, 0.15) is 41.9 Å². The van der Waals surface area contributed by atoms with Gasteiger partial charge in [-0.15, -0.1) is 0 Å². The van der Waals surface area contributed by atoms with Crippen LogP contribution in [0.3, 0.4) is 0 Å². The van der Waals surface area contributed by atoms with Gasteiger partial charge in [0.1, 0.15) is 5.75 Å². The molecule has 0 radical (unpaired) electrons. The number of nitrogens with zero attached hydrogens (tertiary/aromatic N) is 1. The van der Waals surface area contributed by atoms with Gasteiger partial charge in [-0.05, 0) is 36.6 Å². The molecule has 0 saturated heterocycles. The maximum atomic E-state index is 12.3. The van der Waals surface area contributed by atoms with Gasteiger partial charge in [0, 0.05) is 17.5 Å². The number of Topliss-reactive ketones (excluding diaryl/α,β-unsaturated/α-hetero) is 1. The molecular formula is C18H21NO2. The zero-order valence-corrected chi connectivity index (χ0v) is 12.6. The van der Waals surface area contributed by atoms with Gasteiger partial charge >= 0.3 is 0 Å². The molecule has 0 aliphatic carbocycles. The van der Waals surface area contributed by atoms with Crippen LogP contribution in [0.4, 0.5) is 0 Å². The zero-order valence-electron chi connectivity index (χ0n) is 12.6. The lowest BCUT2D eigenvalue weighted by atomic mass is 10.1. The maximum Gasteiger partial charge on any atom is 0.168 e. The van der Waals surface area contributed by atoms with Gasteiger partial charge in [0.25, 0.3) is 0 Å². The van der Waals surface area contributed by atoms with E-state index in [1.54, 1.807) is 6.07 Å². The number of benzene rings is 1. The van der Waals surface area contributed by atoms with Crippen molar-refractivity contribution in [1.82, 2.24) is 4.98 Å². The molecule has 1 heterocycles. The minimum Gasteiger partial charge on any atom is -0.494 e. The summed E-state index contributed by atoms with van der Waals surface area (Å²) in [5.41, 5.74) is 2.66. The van der Waals surface area contributed by atoms with Crippen LogP contribution in [0.2, 0.25) is 0 Å². The third kappa shape index (κ3) is 4.42. The number of carbonyl (C=O) groups excluding carboxylic acids is 1. The van der Waals surface area contributed by atoms with E-state index in [9.17, 15) is 4.79 Å². The summed E-state index contributed by atoms with van der Waals surface area (Å²) in [5, 5.41) is 0. The molecule has 0 atom stereocenters. The first-order chi connectivity index (χ1) is 10.2. The van der Waals surface area contributed by atoms with E-state index in [1.165, 1.54) is 5.56 Å². The molecule has 1 aromatic heterocycles. The Balaban J connectivity index is 2.05. The standard InChI is InChI=1S/C18H21NO2/c1-3-10-21-17-7-5-6-15(11-17)18(20)12-16-9-8-14(4-2)13-19-16/h5-9,11,13H,3-4,10,12H2,1-2H3. The second-order valence-corrected chi connectivity index (χ2v) is 4.99. The number of aromatic nitrogens is 1. The first-order valence-electron chi connectivity index (χ1n) is 7.42. The van der Waals surface area contributed by atoms with Crippen molar-refractivity contribution in [3.05, 3.63) is 59.4 Å². The number of carbonyl (C=O) groups is 1. The third-order valence-electron chi connectivity index (χ3n) is 3.26. The molecule has 1 aromatic carbocycles. The molecular weight excluding hydrogens is 262 g/mol. The number of hydrogen-bond donors (Lipinski definition) is 0. The molecule has 0 aliphatic rings. The van der Waals surface area contributed by atoms with Gasteiger partial charge in [-0.2, -0.15) is 0 Å². The van der Waals surface area contributed by atoms with Crippen molar-refractivity contribution in [2.75, 3.05) is 6.61 Å². The summed E-state index contributed by atoms with van der Waals surface area (Å²) in [6.07, 6.45) is 4.06. The quantitative estimate of drug-likeness (QED) is 0.724. The summed E-state index contributed by atoms with van der Waals surface area (Å²) in [4.78, 5) is 16.6. The Hall–Kier alpha value is -2.16. The molecule has 2 aromatic rings. The molecule has 0 aliphatic heterocycles. The Morgan fingerprint density at radius 3 is 2.71 bits per heavy atom. The lowest BCUT2D eigenvalue weighted by Gasteiger charge is -2.06. The Morgan fingerprint density at radius 2 is 2.05 bits per heavy atom. The number of ether oxygens (including phenoxy) is 1. The topological polar surface area (TPSA) is 39.2 Å². The number of ketones is 1. The molecule has 0 spiro atoms. The predicted molar refractivity (Wildman–Crippen MR) is 83.9 cm³/mol. The van der Waals surface area contributed by atoms with Crippen LogP contribution < -0.4 is 4.74 Å². The van der Waals surface area contributed by atoms with Gasteiger partial charge in [-0.25, -0.2) is 0 Å². The summed E-state index contributed by atoms with van der Waals surface area (Å²) in [6.45, 7) is 4.81. The first-order valence-corrected chi connectivity index (χ1v) is 7.42. The van der Waals surface area contributed by atoms with Crippen LogP contribution in [0, 0.1) is 0 Å². The number of aryl methyl sites for hydroxylation is 1. The highest BCUT2D eigenvalue weighted by Crippen LogP contribution is 2.15. The monoisotopic (exact) mass is 283 g/mol. The van der Waals surface area contributed by atoms with Crippen LogP contribution in [0.25, 0.3) is 0 Å². The second kappa shape index (κ2) is 7.58. The van der Waals surface area contributed by atoms with E-state index in [0.29, 0.717) is 18.6 Å². The van der Waals surface area contributed by atoms with Crippen molar-refractivity contribution in [1.29, 1.82) is 0 Å². The average Bonchev–Trinajstić information content (AvgIpc) is 2.54. The minimum absolute atomic E-state index is 0.0636. The van der Waals surface area contributed by atoms with E-state index >= 15 is 0 Å². The predicted octanol–water partition coefficient (Wildman–Crippen LogP) is 3.86. The van der Waals surface area contributed by atoms with Gasteiger partial charge in [-0.3, -0.25) is 9.78 Å². The molecule has 110 valence electrons. The van der Waals surface area contributed by atoms with Gasteiger partial charge in [0.05, 0.1) is 13.0 Å². The van der Waals surface area contributed by atoms with Crippen LogP contribution in [0.15, 0.2) is 42.6 Å². The largest absolute Gasteiger partial charge is 0.494 e. The van der Waals surface area contributed by atoms with Gasteiger partial charge in [0.15, 0.2) is 5.78 Å². The molecule has 0 N–H and O–H groups in total. The Labute approximate surface area is 126 Å². The van der Waals surface area contributed by atoms with E-state index in [1.807, 2.05) is 36.5 Å². The number of pyridine rings is 1. The number of rotatable bonds is 7. The molecule has 21 heavy (non-hydrogen) atoms. The van der Waals surface area contributed by atoms with E-state index < -0.39 is 0 Å². The van der Waals surface area contributed by atoms with E-state index in [0.717, 1.165) is 24.3 Å². The molecule has 2 rings (SSSR count).